The van der Waals surface area contributed by atoms with Gasteiger partial charge in [-0.15, -0.1) is 0 Å². The van der Waals surface area contributed by atoms with Crippen LogP contribution in [0.2, 0.25) is 0 Å². The van der Waals surface area contributed by atoms with Crippen molar-refractivity contribution < 1.29 is 4.52 Å². The Morgan fingerprint density at radius 1 is 1.40 bits per heavy atom. The van der Waals surface area contributed by atoms with Gasteiger partial charge in [-0.1, -0.05) is 19.0 Å². The average molecular weight is 343 g/mol. The lowest BCUT2D eigenvalue weighted by Crippen LogP contribution is -2.26. The number of hydrogen-bond donors (Lipinski definition) is 1. The van der Waals surface area contributed by atoms with E-state index in [-0.39, 0.29) is 17.5 Å². The van der Waals surface area contributed by atoms with Crippen molar-refractivity contribution in [3.8, 4) is 0 Å². The summed E-state index contributed by atoms with van der Waals surface area (Å²) in [4.78, 5) is 26.4. The van der Waals surface area contributed by atoms with Crippen LogP contribution in [0.25, 0.3) is 11.0 Å². The van der Waals surface area contributed by atoms with Gasteiger partial charge in [-0.25, -0.2) is 4.98 Å². The number of aromatic nitrogens is 6. The summed E-state index contributed by atoms with van der Waals surface area (Å²) in [5.74, 6) is 2.23. The minimum absolute atomic E-state index is 0.0625. The molecule has 0 aliphatic carbocycles. The fourth-order valence-electron chi connectivity index (χ4n) is 3.26. The maximum atomic E-state index is 12.2. The van der Waals surface area contributed by atoms with Crippen LogP contribution in [0, 0.1) is 0 Å². The Kier molecular flexibility index (Phi) is 3.87. The number of aryl methyl sites for hydroxylation is 1. The van der Waals surface area contributed by atoms with Crippen LogP contribution < -0.4 is 5.56 Å². The van der Waals surface area contributed by atoms with Gasteiger partial charge in [0.25, 0.3) is 5.56 Å². The average Bonchev–Trinajstić information content (AvgIpc) is 3.27. The quantitative estimate of drug-likeness (QED) is 0.765. The van der Waals surface area contributed by atoms with E-state index in [1.165, 1.54) is 6.20 Å². The third-order valence-corrected chi connectivity index (χ3v) is 4.63. The highest BCUT2D eigenvalue weighted by atomic mass is 16.5. The highest BCUT2D eigenvalue weighted by molar-refractivity contribution is 5.72. The zero-order chi connectivity index (χ0) is 17.6. The third-order valence-electron chi connectivity index (χ3n) is 4.63. The lowest BCUT2D eigenvalue weighted by molar-refractivity contribution is 0.197. The van der Waals surface area contributed by atoms with Gasteiger partial charge in [0.2, 0.25) is 5.89 Å². The van der Waals surface area contributed by atoms with Crippen molar-refractivity contribution in [1.29, 1.82) is 0 Å². The summed E-state index contributed by atoms with van der Waals surface area (Å²) in [7, 11) is 1.78. The molecule has 0 radical (unpaired) electrons. The van der Waals surface area contributed by atoms with Crippen LogP contribution >= 0.6 is 0 Å². The standard InChI is InChI=1S/C16H21N7O2/c1-9(2)13-20-16(25-21-13)11-5-4-6-23(11)8-12-18-14-10(15(24)19-12)7-17-22(14)3/h7,9,11H,4-6,8H2,1-3H3,(H,18,19,24)/t11-/m0/s1. The molecule has 1 saturated heterocycles. The minimum atomic E-state index is -0.163. The SMILES string of the molecule is CC(C)c1noc([C@@H]2CCCN2Cc2nc3c(cnn3C)c(=O)[nH]2)n1. The van der Waals surface area contributed by atoms with E-state index in [0.29, 0.717) is 29.3 Å². The van der Waals surface area contributed by atoms with Crippen LogP contribution in [-0.2, 0) is 13.6 Å². The van der Waals surface area contributed by atoms with Gasteiger partial charge >= 0.3 is 0 Å². The van der Waals surface area contributed by atoms with Gasteiger partial charge < -0.3 is 9.51 Å². The molecule has 3 aromatic rings. The van der Waals surface area contributed by atoms with Crippen molar-refractivity contribution in [3.05, 3.63) is 34.1 Å². The molecule has 0 saturated carbocycles. The molecule has 1 atom stereocenters. The highest BCUT2D eigenvalue weighted by Crippen LogP contribution is 2.32. The van der Waals surface area contributed by atoms with Gasteiger partial charge in [0.15, 0.2) is 11.5 Å². The molecular formula is C16H21N7O2. The van der Waals surface area contributed by atoms with E-state index in [4.69, 9.17) is 4.52 Å². The van der Waals surface area contributed by atoms with E-state index in [0.717, 1.165) is 25.2 Å². The molecule has 1 aliphatic rings. The van der Waals surface area contributed by atoms with Gasteiger partial charge in [0, 0.05) is 13.0 Å². The monoisotopic (exact) mass is 343 g/mol. The summed E-state index contributed by atoms with van der Waals surface area (Å²) < 4.78 is 7.08. The van der Waals surface area contributed by atoms with E-state index < -0.39 is 0 Å². The fraction of sp³-hybridized carbons (Fsp3) is 0.562. The van der Waals surface area contributed by atoms with Crippen molar-refractivity contribution in [2.75, 3.05) is 6.54 Å². The summed E-state index contributed by atoms with van der Waals surface area (Å²) in [5, 5.41) is 8.66. The molecule has 4 heterocycles. The predicted molar refractivity (Wildman–Crippen MR) is 89.9 cm³/mol. The molecule has 0 spiro atoms. The van der Waals surface area contributed by atoms with Crippen molar-refractivity contribution in [2.45, 2.75) is 45.2 Å². The lowest BCUT2D eigenvalue weighted by Gasteiger charge is -2.20. The second-order valence-electron chi connectivity index (χ2n) is 6.79. The maximum absolute atomic E-state index is 12.2. The molecule has 9 heteroatoms. The maximum Gasteiger partial charge on any atom is 0.262 e. The summed E-state index contributed by atoms with van der Waals surface area (Å²) in [6.07, 6.45) is 3.54. The van der Waals surface area contributed by atoms with E-state index in [1.54, 1.807) is 11.7 Å². The number of H-pyrrole nitrogens is 1. The molecule has 1 N–H and O–H groups in total. The smallest absolute Gasteiger partial charge is 0.262 e. The third kappa shape index (κ3) is 2.84. The van der Waals surface area contributed by atoms with Crippen molar-refractivity contribution in [2.24, 2.45) is 7.05 Å². The number of hydrogen-bond acceptors (Lipinski definition) is 7. The molecule has 25 heavy (non-hydrogen) atoms. The number of fused-ring (bicyclic) bond motifs is 1. The Labute approximate surface area is 144 Å². The van der Waals surface area contributed by atoms with Crippen LogP contribution in [0.4, 0.5) is 0 Å². The first-order valence-corrected chi connectivity index (χ1v) is 8.51. The zero-order valence-corrected chi connectivity index (χ0v) is 14.6. The van der Waals surface area contributed by atoms with Crippen molar-refractivity contribution in [3.63, 3.8) is 0 Å². The first kappa shape index (κ1) is 15.9. The Bertz CT molecular complexity index is 955. The Morgan fingerprint density at radius 3 is 3.00 bits per heavy atom. The molecule has 4 rings (SSSR count). The first-order valence-electron chi connectivity index (χ1n) is 8.51. The van der Waals surface area contributed by atoms with E-state index in [1.807, 2.05) is 13.8 Å². The molecular weight excluding hydrogens is 322 g/mol. The molecule has 0 amide bonds. The molecule has 0 bridgehead atoms. The molecule has 1 aliphatic heterocycles. The summed E-state index contributed by atoms with van der Waals surface area (Å²) in [5.41, 5.74) is 0.429. The highest BCUT2D eigenvalue weighted by Gasteiger charge is 2.31. The largest absolute Gasteiger partial charge is 0.338 e. The minimum Gasteiger partial charge on any atom is -0.338 e. The first-order chi connectivity index (χ1) is 12.0. The topological polar surface area (TPSA) is 106 Å². The molecule has 1 fully saturated rings. The van der Waals surface area contributed by atoms with Crippen LogP contribution in [0.5, 0.6) is 0 Å². The number of aromatic amines is 1. The van der Waals surface area contributed by atoms with E-state index in [9.17, 15) is 4.79 Å². The van der Waals surface area contributed by atoms with Crippen molar-refractivity contribution in [1.82, 2.24) is 34.8 Å². The van der Waals surface area contributed by atoms with Crippen LogP contribution in [0.1, 0.15) is 56.2 Å². The summed E-state index contributed by atoms with van der Waals surface area (Å²) in [6.45, 7) is 5.51. The lowest BCUT2D eigenvalue weighted by atomic mass is 10.2. The van der Waals surface area contributed by atoms with E-state index >= 15 is 0 Å². The van der Waals surface area contributed by atoms with Gasteiger partial charge in [0.1, 0.15) is 11.2 Å². The number of nitrogens with zero attached hydrogens (tertiary/aromatic N) is 6. The fourth-order valence-corrected chi connectivity index (χ4v) is 3.26. The number of likely N-dealkylation sites (tertiary alicyclic amines) is 1. The number of rotatable bonds is 4. The van der Waals surface area contributed by atoms with Gasteiger partial charge in [-0.3, -0.25) is 14.4 Å². The Morgan fingerprint density at radius 2 is 2.24 bits per heavy atom. The van der Waals surface area contributed by atoms with Crippen LogP contribution in [0.3, 0.4) is 0 Å². The van der Waals surface area contributed by atoms with Crippen LogP contribution in [-0.4, -0.2) is 41.3 Å². The summed E-state index contributed by atoms with van der Waals surface area (Å²) >= 11 is 0. The summed E-state index contributed by atoms with van der Waals surface area (Å²) in [6, 6.07) is 0.0625. The normalized spacial score (nSPS) is 18.6. The van der Waals surface area contributed by atoms with Gasteiger partial charge in [-0.2, -0.15) is 10.1 Å². The molecule has 9 nitrogen and oxygen atoms in total. The van der Waals surface area contributed by atoms with Gasteiger partial charge in [-0.05, 0) is 19.4 Å². The predicted octanol–water partition coefficient (Wildman–Crippen LogP) is 1.50. The Balaban J connectivity index is 1.60. The molecule has 0 unspecified atom stereocenters. The number of nitrogens with one attached hydrogen (secondary N) is 1. The second-order valence-corrected chi connectivity index (χ2v) is 6.79. The van der Waals surface area contributed by atoms with E-state index in [2.05, 4.69) is 30.1 Å². The Hall–Kier alpha value is -2.55. The molecule has 3 aromatic heterocycles. The molecule has 0 aromatic carbocycles. The van der Waals surface area contributed by atoms with Crippen LogP contribution in [0.15, 0.2) is 15.5 Å². The van der Waals surface area contributed by atoms with Crippen molar-refractivity contribution >= 4 is 11.0 Å². The molecule has 132 valence electrons. The zero-order valence-electron chi connectivity index (χ0n) is 14.6. The van der Waals surface area contributed by atoms with Gasteiger partial charge in [0.05, 0.1) is 18.8 Å². The second kappa shape index (κ2) is 6.07.